The van der Waals surface area contributed by atoms with Crippen LogP contribution < -0.4 is 0 Å². The normalized spacial score (nSPS) is 18.6. The van der Waals surface area contributed by atoms with E-state index in [4.69, 9.17) is 10.7 Å². The topological polar surface area (TPSA) is 54.5 Å². The van der Waals surface area contributed by atoms with E-state index in [0.717, 1.165) is 25.0 Å². The third-order valence-electron chi connectivity index (χ3n) is 3.64. The average molecular weight is 334 g/mol. The van der Waals surface area contributed by atoms with Crippen molar-refractivity contribution in [2.24, 2.45) is 5.41 Å². The fourth-order valence-electron chi connectivity index (χ4n) is 2.59. The summed E-state index contributed by atoms with van der Waals surface area (Å²) in [6.07, 6.45) is 1.89. The molecule has 1 aromatic rings. The first kappa shape index (κ1) is 16.2. The quantitative estimate of drug-likeness (QED) is 0.782. The maximum Gasteiger partial charge on any atom is 0.261 e. The molecule has 1 fully saturated rings. The largest absolute Gasteiger partial charge is 0.338 e. The van der Waals surface area contributed by atoms with E-state index in [1.807, 2.05) is 0 Å². The van der Waals surface area contributed by atoms with Crippen molar-refractivity contribution < 1.29 is 17.6 Å². The number of benzene rings is 1. The molecule has 0 N–H and O–H groups in total. The molecule has 0 radical (unpaired) electrons. The summed E-state index contributed by atoms with van der Waals surface area (Å²) >= 11 is 0. The van der Waals surface area contributed by atoms with Gasteiger partial charge in [-0.05, 0) is 36.5 Å². The van der Waals surface area contributed by atoms with Gasteiger partial charge in [0.1, 0.15) is 5.82 Å². The number of nitrogens with zero attached hydrogens (tertiary/aromatic N) is 1. The Balaban J connectivity index is 2.28. The number of amides is 1. The molecule has 1 heterocycles. The zero-order chi connectivity index (χ0) is 15.8. The summed E-state index contributed by atoms with van der Waals surface area (Å²) in [7, 11) is 1.15. The molecule has 0 unspecified atom stereocenters. The summed E-state index contributed by atoms with van der Waals surface area (Å²) in [6.45, 7) is 5.26. The summed E-state index contributed by atoms with van der Waals surface area (Å²) in [4.78, 5) is 13.6. The van der Waals surface area contributed by atoms with Crippen LogP contribution in [0, 0.1) is 11.2 Å². The molecule has 7 heteroatoms. The molecule has 0 bridgehead atoms. The van der Waals surface area contributed by atoms with Gasteiger partial charge in [0.05, 0.1) is 10.5 Å². The number of carbonyl (C=O) groups is 1. The SMILES string of the molecule is CC1(C)CCCN(C(=O)c2ccc(S(=O)(=O)Cl)cc2F)C1. The number of likely N-dealkylation sites (tertiary alicyclic amines) is 1. The van der Waals surface area contributed by atoms with E-state index in [9.17, 15) is 17.6 Å². The molecule has 0 aromatic heterocycles. The van der Waals surface area contributed by atoms with Crippen LogP contribution in [0.4, 0.5) is 4.39 Å². The van der Waals surface area contributed by atoms with Gasteiger partial charge in [0.2, 0.25) is 0 Å². The van der Waals surface area contributed by atoms with E-state index in [-0.39, 0.29) is 15.9 Å². The number of halogens is 2. The molecule has 1 aliphatic heterocycles. The molecule has 1 saturated heterocycles. The minimum absolute atomic E-state index is 0.00377. The second-order valence-corrected chi connectivity index (χ2v) is 8.64. The van der Waals surface area contributed by atoms with Crippen molar-refractivity contribution in [1.82, 2.24) is 4.90 Å². The zero-order valence-electron chi connectivity index (χ0n) is 11.9. The summed E-state index contributed by atoms with van der Waals surface area (Å²) < 4.78 is 36.3. The first-order chi connectivity index (χ1) is 9.60. The van der Waals surface area contributed by atoms with Crippen molar-refractivity contribution in [2.45, 2.75) is 31.6 Å². The van der Waals surface area contributed by atoms with Gasteiger partial charge < -0.3 is 4.90 Å². The van der Waals surface area contributed by atoms with Gasteiger partial charge in [0, 0.05) is 23.8 Å². The molecular formula is C14H17ClFNO3S. The van der Waals surface area contributed by atoms with Gasteiger partial charge in [0.15, 0.2) is 0 Å². The van der Waals surface area contributed by atoms with Crippen molar-refractivity contribution in [2.75, 3.05) is 13.1 Å². The molecule has 0 spiro atoms. The predicted octanol–water partition coefficient (Wildman–Crippen LogP) is 3.02. The highest BCUT2D eigenvalue weighted by atomic mass is 35.7. The number of rotatable bonds is 2. The van der Waals surface area contributed by atoms with Gasteiger partial charge in [-0.1, -0.05) is 13.8 Å². The minimum Gasteiger partial charge on any atom is -0.338 e. The Kier molecular flexibility index (Phi) is 4.31. The van der Waals surface area contributed by atoms with Crippen molar-refractivity contribution >= 4 is 25.6 Å². The van der Waals surface area contributed by atoms with Crippen LogP contribution >= 0.6 is 10.7 Å². The lowest BCUT2D eigenvalue weighted by Gasteiger charge is -2.38. The molecule has 1 amide bonds. The van der Waals surface area contributed by atoms with Crippen molar-refractivity contribution in [3.63, 3.8) is 0 Å². The Labute approximate surface area is 128 Å². The van der Waals surface area contributed by atoms with Crippen LogP contribution in [-0.4, -0.2) is 32.3 Å². The molecule has 21 heavy (non-hydrogen) atoms. The lowest BCUT2D eigenvalue weighted by molar-refractivity contribution is 0.0578. The van der Waals surface area contributed by atoms with Crippen LogP contribution in [0.5, 0.6) is 0 Å². The zero-order valence-corrected chi connectivity index (χ0v) is 13.5. The number of carbonyl (C=O) groups excluding carboxylic acids is 1. The third kappa shape index (κ3) is 3.74. The van der Waals surface area contributed by atoms with Gasteiger partial charge in [0.25, 0.3) is 15.0 Å². The van der Waals surface area contributed by atoms with E-state index in [1.165, 1.54) is 6.07 Å². The Bertz CT molecular complexity index is 673. The van der Waals surface area contributed by atoms with E-state index >= 15 is 0 Å². The summed E-state index contributed by atoms with van der Waals surface area (Å²) in [5.41, 5.74) is -0.124. The molecule has 116 valence electrons. The van der Waals surface area contributed by atoms with E-state index in [1.54, 1.807) is 4.90 Å². The maximum absolute atomic E-state index is 14.0. The fraction of sp³-hybridized carbons (Fsp3) is 0.500. The van der Waals surface area contributed by atoms with Crippen LogP contribution in [0.1, 0.15) is 37.0 Å². The molecular weight excluding hydrogens is 317 g/mol. The molecule has 0 aliphatic carbocycles. The van der Waals surface area contributed by atoms with E-state index in [2.05, 4.69) is 13.8 Å². The van der Waals surface area contributed by atoms with Crippen LogP contribution in [-0.2, 0) is 9.05 Å². The second-order valence-electron chi connectivity index (χ2n) is 6.07. The van der Waals surface area contributed by atoms with Crippen molar-refractivity contribution in [3.05, 3.63) is 29.6 Å². The van der Waals surface area contributed by atoms with Crippen LogP contribution in [0.15, 0.2) is 23.1 Å². The van der Waals surface area contributed by atoms with Crippen molar-refractivity contribution in [1.29, 1.82) is 0 Å². The van der Waals surface area contributed by atoms with Gasteiger partial charge in [-0.3, -0.25) is 4.79 Å². The molecule has 1 aliphatic rings. The Morgan fingerprint density at radius 1 is 1.38 bits per heavy atom. The predicted molar refractivity (Wildman–Crippen MR) is 78.4 cm³/mol. The monoisotopic (exact) mass is 333 g/mol. The lowest BCUT2D eigenvalue weighted by atomic mass is 9.84. The highest BCUT2D eigenvalue weighted by Crippen LogP contribution is 2.29. The fourth-order valence-corrected chi connectivity index (χ4v) is 3.35. The third-order valence-corrected chi connectivity index (χ3v) is 4.99. The summed E-state index contributed by atoms with van der Waals surface area (Å²) in [5, 5.41) is 0. The highest BCUT2D eigenvalue weighted by Gasteiger charge is 2.30. The average Bonchev–Trinajstić information content (AvgIpc) is 2.35. The van der Waals surface area contributed by atoms with E-state index < -0.39 is 20.8 Å². The molecule has 0 saturated carbocycles. The van der Waals surface area contributed by atoms with Gasteiger partial charge in [-0.25, -0.2) is 12.8 Å². The van der Waals surface area contributed by atoms with Crippen LogP contribution in [0.2, 0.25) is 0 Å². The standard InChI is InChI=1S/C14H17ClFNO3S/c1-14(2)6-3-7-17(9-14)13(18)11-5-4-10(8-12(11)16)21(15,19)20/h4-5,8H,3,6-7,9H2,1-2H3. The van der Waals surface area contributed by atoms with Gasteiger partial charge in [-0.15, -0.1) is 0 Å². The number of hydrogen-bond acceptors (Lipinski definition) is 3. The van der Waals surface area contributed by atoms with Crippen LogP contribution in [0.3, 0.4) is 0 Å². The van der Waals surface area contributed by atoms with Crippen molar-refractivity contribution in [3.8, 4) is 0 Å². The Morgan fingerprint density at radius 3 is 2.57 bits per heavy atom. The molecule has 2 rings (SSSR count). The second kappa shape index (κ2) is 5.57. The smallest absolute Gasteiger partial charge is 0.261 e. The summed E-state index contributed by atoms with van der Waals surface area (Å²) in [6, 6.07) is 3.10. The maximum atomic E-state index is 14.0. The first-order valence-corrected chi connectivity index (χ1v) is 8.95. The summed E-state index contributed by atoms with van der Waals surface area (Å²) in [5.74, 6) is -1.29. The highest BCUT2D eigenvalue weighted by molar-refractivity contribution is 8.13. The number of piperidine rings is 1. The number of hydrogen-bond donors (Lipinski definition) is 0. The Morgan fingerprint density at radius 2 is 2.05 bits per heavy atom. The van der Waals surface area contributed by atoms with Gasteiger partial charge in [-0.2, -0.15) is 0 Å². The molecule has 0 atom stereocenters. The van der Waals surface area contributed by atoms with E-state index in [0.29, 0.717) is 13.1 Å². The van der Waals surface area contributed by atoms with Crippen LogP contribution in [0.25, 0.3) is 0 Å². The van der Waals surface area contributed by atoms with Gasteiger partial charge >= 0.3 is 0 Å². The molecule has 4 nitrogen and oxygen atoms in total. The minimum atomic E-state index is -4.00. The Hall–Kier alpha value is -1.14. The lowest BCUT2D eigenvalue weighted by Crippen LogP contribution is -2.43. The first-order valence-electron chi connectivity index (χ1n) is 6.64. The molecule has 1 aromatic carbocycles.